The van der Waals surface area contributed by atoms with E-state index in [1.807, 2.05) is 6.92 Å². The summed E-state index contributed by atoms with van der Waals surface area (Å²) in [4.78, 5) is 20.4. The summed E-state index contributed by atoms with van der Waals surface area (Å²) in [6.45, 7) is 6.66. The quantitative estimate of drug-likeness (QED) is 0.804. The molecule has 1 unspecified atom stereocenters. The van der Waals surface area contributed by atoms with Crippen molar-refractivity contribution in [1.29, 1.82) is 5.26 Å². The van der Waals surface area contributed by atoms with Crippen LogP contribution in [-0.4, -0.2) is 40.6 Å². The summed E-state index contributed by atoms with van der Waals surface area (Å²) in [5.41, 5.74) is 1.84. The largest absolute Gasteiger partial charge is 0.339 e. The average Bonchev–Trinajstić information content (AvgIpc) is 3.29. The fourth-order valence-corrected chi connectivity index (χ4v) is 5.67. The second kappa shape index (κ2) is 8.64. The predicted octanol–water partition coefficient (Wildman–Crippen LogP) is 3.64. The SMILES string of the molecule is Cc1noc(C2CCN(CCC(=O)Nc3sc4c(c3C#N)CCC(C)C4)CC2)n1. The number of amides is 1. The van der Waals surface area contributed by atoms with Crippen LogP contribution in [0.25, 0.3) is 0 Å². The summed E-state index contributed by atoms with van der Waals surface area (Å²) in [6, 6.07) is 2.32. The van der Waals surface area contributed by atoms with Gasteiger partial charge in [0.05, 0.1) is 5.56 Å². The smallest absolute Gasteiger partial charge is 0.229 e. The average molecular weight is 414 g/mol. The lowest BCUT2D eigenvalue weighted by molar-refractivity contribution is -0.116. The van der Waals surface area contributed by atoms with Crippen molar-refractivity contribution in [3.05, 3.63) is 27.7 Å². The lowest BCUT2D eigenvalue weighted by Crippen LogP contribution is -2.35. The highest BCUT2D eigenvalue weighted by Crippen LogP contribution is 2.39. The van der Waals surface area contributed by atoms with Crippen molar-refractivity contribution in [2.75, 3.05) is 25.0 Å². The third-order valence-electron chi connectivity index (χ3n) is 6.01. The van der Waals surface area contributed by atoms with Crippen LogP contribution in [0.3, 0.4) is 0 Å². The number of hydrogen-bond acceptors (Lipinski definition) is 7. The number of thiophene rings is 1. The van der Waals surface area contributed by atoms with Crippen molar-refractivity contribution in [2.24, 2.45) is 5.92 Å². The standard InChI is InChI=1S/C21H27N5O2S/c1-13-3-4-16-17(12-22)21(29-18(16)11-13)24-19(27)7-10-26-8-5-15(6-9-26)20-23-14(2)25-28-20/h13,15H,3-11H2,1-2H3,(H,24,27). The third kappa shape index (κ3) is 4.51. The molecule has 2 aliphatic rings. The number of fused-ring (bicyclic) bond motifs is 1. The predicted molar refractivity (Wildman–Crippen MR) is 111 cm³/mol. The second-order valence-electron chi connectivity index (χ2n) is 8.26. The molecule has 1 aliphatic heterocycles. The number of nitrogens with one attached hydrogen (secondary N) is 1. The summed E-state index contributed by atoms with van der Waals surface area (Å²) in [5, 5.41) is 17.2. The van der Waals surface area contributed by atoms with Gasteiger partial charge in [0, 0.05) is 23.8 Å². The summed E-state index contributed by atoms with van der Waals surface area (Å²) in [6.07, 6.45) is 5.45. The number of likely N-dealkylation sites (tertiary alicyclic amines) is 1. The Morgan fingerprint density at radius 1 is 1.38 bits per heavy atom. The number of rotatable bonds is 5. The van der Waals surface area contributed by atoms with Crippen LogP contribution in [-0.2, 0) is 17.6 Å². The van der Waals surface area contributed by atoms with Gasteiger partial charge in [-0.25, -0.2) is 0 Å². The van der Waals surface area contributed by atoms with E-state index in [4.69, 9.17) is 4.52 Å². The maximum Gasteiger partial charge on any atom is 0.229 e. The molecule has 2 aromatic rings. The number of anilines is 1. The molecule has 1 saturated heterocycles. The van der Waals surface area contributed by atoms with Crippen molar-refractivity contribution >= 4 is 22.2 Å². The molecule has 0 aromatic carbocycles. The molecule has 154 valence electrons. The lowest BCUT2D eigenvalue weighted by atomic mass is 9.89. The summed E-state index contributed by atoms with van der Waals surface area (Å²) in [5.74, 6) is 2.37. The van der Waals surface area contributed by atoms with Crippen LogP contribution in [0, 0.1) is 24.2 Å². The first-order chi connectivity index (χ1) is 14.0. The molecule has 1 amide bonds. The monoisotopic (exact) mass is 413 g/mol. The zero-order chi connectivity index (χ0) is 20.4. The lowest BCUT2D eigenvalue weighted by Gasteiger charge is -2.29. The Labute approximate surface area is 175 Å². The van der Waals surface area contributed by atoms with Gasteiger partial charge in [-0.1, -0.05) is 12.1 Å². The Bertz CT molecular complexity index is 920. The van der Waals surface area contributed by atoms with E-state index in [0.717, 1.165) is 68.2 Å². The zero-order valence-electron chi connectivity index (χ0n) is 17.0. The Kier molecular flexibility index (Phi) is 5.97. The Hall–Kier alpha value is -2.24. The molecule has 8 heteroatoms. The second-order valence-corrected chi connectivity index (χ2v) is 9.37. The van der Waals surface area contributed by atoms with Gasteiger partial charge >= 0.3 is 0 Å². The molecule has 1 aliphatic carbocycles. The van der Waals surface area contributed by atoms with E-state index in [9.17, 15) is 10.1 Å². The third-order valence-corrected chi connectivity index (χ3v) is 7.18. The van der Waals surface area contributed by atoms with Gasteiger partial charge < -0.3 is 14.7 Å². The molecule has 0 radical (unpaired) electrons. The first kappa shape index (κ1) is 20.0. The first-order valence-corrected chi connectivity index (χ1v) is 11.2. The van der Waals surface area contributed by atoms with Gasteiger partial charge in [-0.15, -0.1) is 11.3 Å². The maximum atomic E-state index is 12.5. The molecule has 0 spiro atoms. The topological polar surface area (TPSA) is 95.0 Å². The van der Waals surface area contributed by atoms with Gasteiger partial charge in [-0.3, -0.25) is 4.79 Å². The highest BCUT2D eigenvalue weighted by molar-refractivity contribution is 7.16. The summed E-state index contributed by atoms with van der Waals surface area (Å²) in [7, 11) is 0. The number of hydrogen-bond donors (Lipinski definition) is 1. The molecule has 29 heavy (non-hydrogen) atoms. The highest BCUT2D eigenvalue weighted by atomic mass is 32.1. The minimum Gasteiger partial charge on any atom is -0.339 e. The van der Waals surface area contributed by atoms with Crippen LogP contribution in [0.2, 0.25) is 0 Å². The molecule has 0 bridgehead atoms. The van der Waals surface area contributed by atoms with Gasteiger partial charge in [0.1, 0.15) is 11.1 Å². The highest BCUT2D eigenvalue weighted by Gasteiger charge is 2.26. The minimum absolute atomic E-state index is 0.0113. The molecule has 2 aromatic heterocycles. The molecule has 3 heterocycles. The maximum absolute atomic E-state index is 12.5. The minimum atomic E-state index is -0.0113. The van der Waals surface area contributed by atoms with Crippen molar-refractivity contribution in [3.8, 4) is 6.07 Å². The van der Waals surface area contributed by atoms with Crippen molar-refractivity contribution < 1.29 is 9.32 Å². The van der Waals surface area contributed by atoms with Gasteiger partial charge in [0.25, 0.3) is 0 Å². The van der Waals surface area contributed by atoms with E-state index in [-0.39, 0.29) is 5.91 Å². The Balaban J connectivity index is 1.27. The molecule has 1 fully saturated rings. The molecular weight excluding hydrogens is 386 g/mol. The molecular formula is C21H27N5O2S. The number of piperidine rings is 1. The van der Waals surface area contributed by atoms with Crippen molar-refractivity contribution in [1.82, 2.24) is 15.0 Å². The molecule has 4 rings (SSSR count). The van der Waals surface area contributed by atoms with E-state index in [0.29, 0.717) is 29.6 Å². The van der Waals surface area contributed by atoms with Crippen molar-refractivity contribution in [3.63, 3.8) is 0 Å². The Morgan fingerprint density at radius 2 is 2.17 bits per heavy atom. The van der Waals surface area contributed by atoms with Crippen LogP contribution >= 0.6 is 11.3 Å². The van der Waals surface area contributed by atoms with Gasteiger partial charge in [-0.2, -0.15) is 10.2 Å². The molecule has 1 atom stereocenters. The van der Waals surface area contributed by atoms with Crippen LogP contribution in [0.1, 0.15) is 66.2 Å². The van der Waals surface area contributed by atoms with E-state index < -0.39 is 0 Å². The van der Waals surface area contributed by atoms with Crippen LogP contribution in [0.4, 0.5) is 5.00 Å². The Morgan fingerprint density at radius 3 is 2.86 bits per heavy atom. The van der Waals surface area contributed by atoms with Crippen molar-refractivity contribution in [2.45, 2.75) is 58.3 Å². The fraction of sp³-hybridized carbons (Fsp3) is 0.619. The number of nitrogens with zero attached hydrogens (tertiary/aromatic N) is 4. The number of aromatic nitrogens is 2. The van der Waals surface area contributed by atoms with Crippen LogP contribution < -0.4 is 5.32 Å². The first-order valence-electron chi connectivity index (χ1n) is 10.4. The summed E-state index contributed by atoms with van der Waals surface area (Å²) >= 11 is 1.59. The number of nitriles is 1. The van der Waals surface area contributed by atoms with Crippen LogP contribution in [0.5, 0.6) is 0 Å². The van der Waals surface area contributed by atoms with E-state index in [2.05, 4.69) is 33.4 Å². The number of carbonyl (C=O) groups is 1. The molecule has 7 nitrogen and oxygen atoms in total. The van der Waals surface area contributed by atoms with Gasteiger partial charge in [0.2, 0.25) is 11.8 Å². The molecule has 0 saturated carbocycles. The number of aryl methyl sites for hydroxylation is 1. The van der Waals surface area contributed by atoms with E-state index in [1.165, 1.54) is 4.88 Å². The zero-order valence-corrected chi connectivity index (χ0v) is 17.8. The van der Waals surface area contributed by atoms with Crippen LogP contribution in [0.15, 0.2) is 4.52 Å². The fourth-order valence-electron chi connectivity index (χ4n) is 4.29. The van der Waals surface area contributed by atoms with Gasteiger partial charge in [-0.05, 0) is 63.6 Å². The van der Waals surface area contributed by atoms with E-state index >= 15 is 0 Å². The summed E-state index contributed by atoms with van der Waals surface area (Å²) < 4.78 is 5.30. The normalized spacial score (nSPS) is 20.2. The molecule has 1 N–H and O–H groups in total. The van der Waals surface area contributed by atoms with Gasteiger partial charge in [0.15, 0.2) is 5.82 Å². The van der Waals surface area contributed by atoms with E-state index in [1.54, 1.807) is 11.3 Å². The number of carbonyl (C=O) groups excluding carboxylic acids is 1.